The third-order valence-electron chi connectivity index (χ3n) is 3.61. The molecular weight excluding hydrogens is 270 g/mol. The lowest BCUT2D eigenvalue weighted by molar-refractivity contribution is -0.123. The molecule has 0 aromatic carbocycles. The molecule has 0 bridgehead atoms. The third kappa shape index (κ3) is 5.49. The van der Waals surface area contributed by atoms with Crippen molar-refractivity contribution in [1.82, 2.24) is 15.2 Å². The molecule has 2 heterocycles. The predicted octanol–water partition coefficient (Wildman–Crippen LogP) is 0.519. The molecule has 0 saturated carbocycles. The van der Waals surface area contributed by atoms with E-state index in [1.165, 1.54) is 0 Å². The summed E-state index contributed by atoms with van der Waals surface area (Å²) in [6.45, 7) is 4.07. The van der Waals surface area contributed by atoms with Crippen LogP contribution in [0.15, 0.2) is 18.3 Å². The van der Waals surface area contributed by atoms with Crippen molar-refractivity contribution in [2.45, 2.75) is 32.0 Å². The quantitative estimate of drug-likeness (QED) is 0.686. The van der Waals surface area contributed by atoms with Crippen LogP contribution in [0.2, 0.25) is 0 Å². The SMILES string of the molecule is COCCNCc1cccn1CC(=O)NC1CCOCC1. The first-order valence-electron chi connectivity index (χ1n) is 7.50. The van der Waals surface area contributed by atoms with Gasteiger partial charge >= 0.3 is 0 Å². The monoisotopic (exact) mass is 295 g/mol. The van der Waals surface area contributed by atoms with E-state index in [9.17, 15) is 4.79 Å². The molecule has 21 heavy (non-hydrogen) atoms. The van der Waals surface area contributed by atoms with Gasteiger partial charge < -0.3 is 24.7 Å². The highest BCUT2D eigenvalue weighted by Crippen LogP contribution is 2.07. The van der Waals surface area contributed by atoms with Crippen molar-refractivity contribution < 1.29 is 14.3 Å². The first kappa shape index (κ1) is 16.0. The number of methoxy groups -OCH3 is 1. The number of rotatable bonds is 8. The topological polar surface area (TPSA) is 64.5 Å². The molecule has 1 aromatic rings. The maximum absolute atomic E-state index is 12.1. The molecule has 2 N–H and O–H groups in total. The summed E-state index contributed by atoms with van der Waals surface area (Å²) in [6, 6.07) is 4.25. The Morgan fingerprint density at radius 2 is 2.29 bits per heavy atom. The molecule has 1 aromatic heterocycles. The van der Waals surface area contributed by atoms with E-state index in [1.54, 1.807) is 7.11 Å². The molecular formula is C15H25N3O3. The Morgan fingerprint density at radius 1 is 1.48 bits per heavy atom. The van der Waals surface area contributed by atoms with Crippen molar-refractivity contribution in [3.05, 3.63) is 24.0 Å². The number of nitrogens with one attached hydrogen (secondary N) is 2. The van der Waals surface area contributed by atoms with Crippen molar-refractivity contribution in [3.63, 3.8) is 0 Å². The number of aromatic nitrogens is 1. The van der Waals surface area contributed by atoms with Crippen LogP contribution in [0.5, 0.6) is 0 Å². The van der Waals surface area contributed by atoms with Crippen LogP contribution in [0.4, 0.5) is 0 Å². The van der Waals surface area contributed by atoms with Gasteiger partial charge in [-0.15, -0.1) is 0 Å². The Morgan fingerprint density at radius 3 is 3.05 bits per heavy atom. The van der Waals surface area contributed by atoms with Crippen molar-refractivity contribution in [2.75, 3.05) is 33.5 Å². The van der Waals surface area contributed by atoms with E-state index in [2.05, 4.69) is 10.6 Å². The molecule has 0 atom stereocenters. The van der Waals surface area contributed by atoms with Crippen LogP contribution in [-0.4, -0.2) is 50.0 Å². The lowest BCUT2D eigenvalue weighted by atomic mass is 10.1. The molecule has 118 valence electrons. The molecule has 0 aliphatic carbocycles. The molecule has 1 amide bonds. The molecule has 1 saturated heterocycles. The predicted molar refractivity (Wildman–Crippen MR) is 80.0 cm³/mol. The van der Waals surface area contributed by atoms with Gasteiger partial charge in [0.25, 0.3) is 0 Å². The number of hydrogen-bond acceptors (Lipinski definition) is 4. The van der Waals surface area contributed by atoms with Gasteiger partial charge in [-0.05, 0) is 25.0 Å². The van der Waals surface area contributed by atoms with E-state index in [0.29, 0.717) is 13.2 Å². The standard InChI is InChI=1S/C15H25N3O3/c1-20-10-6-16-11-14-3-2-7-18(14)12-15(19)17-13-4-8-21-9-5-13/h2-3,7,13,16H,4-6,8-12H2,1H3,(H,17,19). The van der Waals surface area contributed by atoms with Gasteiger partial charge in [-0.25, -0.2) is 0 Å². The summed E-state index contributed by atoms with van der Waals surface area (Å²) in [7, 11) is 1.69. The second-order valence-corrected chi connectivity index (χ2v) is 5.25. The van der Waals surface area contributed by atoms with E-state index < -0.39 is 0 Å². The molecule has 1 fully saturated rings. The highest BCUT2D eigenvalue weighted by molar-refractivity contribution is 5.76. The highest BCUT2D eigenvalue weighted by Gasteiger charge is 2.16. The molecule has 6 nitrogen and oxygen atoms in total. The van der Waals surface area contributed by atoms with Crippen molar-refractivity contribution in [1.29, 1.82) is 0 Å². The zero-order valence-corrected chi connectivity index (χ0v) is 12.6. The average molecular weight is 295 g/mol. The van der Waals surface area contributed by atoms with Crippen LogP contribution in [0, 0.1) is 0 Å². The number of ether oxygens (including phenoxy) is 2. The fourth-order valence-corrected chi connectivity index (χ4v) is 2.42. The fourth-order valence-electron chi connectivity index (χ4n) is 2.42. The second kappa shape index (κ2) is 8.81. The summed E-state index contributed by atoms with van der Waals surface area (Å²) in [5.41, 5.74) is 1.10. The summed E-state index contributed by atoms with van der Waals surface area (Å²) >= 11 is 0. The summed E-state index contributed by atoms with van der Waals surface area (Å²) in [5.74, 6) is 0.0660. The number of nitrogens with zero attached hydrogens (tertiary/aromatic N) is 1. The summed E-state index contributed by atoms with van der Waals surface area (Å²) in [5, 5.41) is 6.37. The van der Waals surface area contributed by atoms with Crippen LogP contribution < -0.4 is 10.6 Å². The molecule has 0 radical (unpaired) electrons. The van der Waals surface area contributed by atoms with E-state index >= 15 is 0 Å². The van der Waals surface area contributed by atoms with Crippen molar-refractivity contribution in [3.8, 4) is 0 Å². The largest absolute Gasteiger partial charge is 0.383 e. The molecule has 1 aliphatic heterocycles. The number of carbonyl (C=O) groups is 1. The summed E-state index contributed by atoms with van der Waals surface area (Å²) < 4.78 is 12.3. The average Bonchev–Trinajstić information content (AvgIpc) is 2.92. The minimum atomic E-state index is 0.0660. The lowest BCUT2D eigenvalue weighted by Crippen LogP contribution is -2.40. The van der Waals surface area contributed by atoms with Gasteiger partial charge in [-0.3, -0.25) is 4.79 Å². The van der Waals surface area contributed by atoms with Gasteiger partial charge in [-0.1, -0.05) is 0 Å². The Bertz CT molecular complexity index is 428. The highest BCUT2D eigenvalue weighted by atomic mass is 16.5. The first-order valence-corrected chi connectivity index (χ1v) is 7.50. The van der Waals surface area contributed by atoms with Gasteiger partial charge in [0.15, 0.2) is 0 Å². The van der Waals surface area contributed by atoms with Crippen molar-refractivity contribution >= 4 is 5.91 Å². The molecule has 0 unspecified atom stereocenters. The van der Waals surface area contributed by atoms with Gasteiger partial charge in [0, 0.05) is 51.3 Å². The number of hydrogen-bond donors (Lipinski definition) is 2. The zero-order chi connectivity index (χ0) is 14.9. The second-order valence-electron chi connectivity index (χ2n) is 5.25. The maximum Gasteiger partial charge on any atom is 0.240 e. The smallest absolute Gasteiger partial charge is 0.240 e. The summed E-state index contributed by atoms with van der Waals surface area (Å²) in [4.78, 5) is 12.1. The molecule has 6 heteroatoms. The maximum atomic E-state index is 12.1. The van der Waals surface area contributed by atoms with Crippen LogP contribution in [0.3, 0.4) is 0 Å². The van der Waals surface area contributed by atoms with Crippen LogP contribution in [0.1, 0.15) is 18.5 Å². The number of carbonyl (C=O) groups excluding carboxylic acids is 1. The van der Waals surface area contributed by atoms with E-state index in [4.69, 9.17) is 9.47 Å². The van der Waals surface area contributed by atoms with Gasteiger partial charge in [0.05, 0.1) is 6.61 Å². The van der Waals surface area contributed by atoms with Gasteiger partial charge in [-0.2, -0.15) is 0 Å². The van der Waals surface area contributed by atoms with E-state index in [-0.39, 0.29) is 11.9 Å². The lowest BCUT2D eigenvalue weighted by Gasteiger charge is -2.23. The Kier molecular flexibility index (Phi) is 6.72. The minimum absolute atomic E-state index is 0.0660. The Hall–Kier alpha value is -1.37. The Labute approximate surface area is 125 Å². The van der Waals surface area contributed by atoms with Crippen LogP contribution in [-0.2, 0) is 27.4 Å². The van der Waals surface area contributed by atoms with E-state index in [0.717, 1.165) is 44.8 Å². The molecule has 0 spiro atoms. The Balaban J connectivity index is 1.76. The molecule has 2 rings (SSSR count). The van der Waals surface area contributed by atoms with Crippen LogP contribution >= 0.6 is 0 Å². The normalized spacial score (nSPS) is 16.0. The van der Waals surface area contributed by atoms with Crippen molar-refractivity contribution in [2.24, 2.45) is 0 Å². The summed E-state index contributed by atoms with van der Waals surface area (Å²) in [6.07, 6.45) is 3.75. The minimum Gasteiger partial charge on any atom is -0.383 e. The van der Waals surface area contributed by atoms with Gasteiger partial charge in [0.2, 0.25) is 5.91 Å². The van der Waals surface area contributed by atoms with Crippen LogP contribution in [0.25, 0.3) is 0 Å². The van der Waals surface area contributed by atoms with E-state index in [1.807, 2.05) is 22.9 Å². The zero-order valence-electron chi connectivity index (χ0n) is 12.6. The van der Waals surface area contributed by atoms with Gasteiger partial charge in [0.1, 0.15) is 6.54 Å². The number of amides is 1. The first-order chi connectivity index (χ1) is 10.3. The third-order valence-corrected chi connectivity index (χ3v) is 3.61. The molecule has 1 aliphatic rings. The fraction of sp³-hybridized carbons (Fsp3) is 0.667.